The quantitative estimate of drug-likeness (QED) is 0.673. The molecule has 0 saturated heterocycles. The maximum Gasteiger partial charge on any atom is 0.234 e. The molecule has 0 fully saturated rings. The molecule has 0 unspecified atom stereocenters. The predicted molar refractivity (Wildman–Crippen MR) is 92.6 cm³/mol. The van der Waals surface area contributed by atoms with Crippen molar-refractivity contribution >= 4 is 35.0 Å². The van der Waals surface area contributed by atoms with Gasteiger partial charge in [0.2, 0.25) is 11.1 Å². The van der Waals surface area contributed by atoms with Crippen LogP contribution in [0.5, 0.6) is 0 Å². The molecule has 2 N–H and O–H groups in total. The Morgan fingerprint density at radius 3 is 2.71 bits per heavy atom. The van der Waals surface area contributed by atoms with E-state index < -0.39 is 5.82 Å². The van der Waals surface area contributed by atoms with Crippen molar-refractivity contribution in [1.82, 2.24) is 15.2 Å². The van der Waals surface area contributed by atoms with Gasteiger partial charge in [-0.3, -0.25) is 9.89 Å². The number of anilines is 1. The number of aromatic nitrogens is 3. The lowest BCUT2D eigenvalue weighted by atomic mass is 10.2. The second-order valence-corrected chi connectivity index (χ2v) is 6.17. The van der Waals surface area contributed by atoms with Crippen LogP contribution >= 0.6 is 23.4 Å². The van der Waals surface area contributed by atoms with Gasteiger partial charge in [0.05, 0.1) is 11.4 Å². The van der Waals surface area contributed by atoms with Gasteiger partial charge >= 0.3 is 0 Å². The average Bonchev–Trinajstić information content (AvgIpc) is 3.05. The minimum atomic E-state index is -0.473. The highest BCUT2D eigenvalue weighted by Crippen LogP contribution is 2.21. The van der Waals surface area contributed by atoms with Gasteiger partial charge in [0, 0.05) is 10.6 Å². The first-order chi connectivity index (χ1) is 11.6. The molecule has 2 aromatic carbocycles. The smallest absolute Gasteiger partial charge is 0.234 e. The van der Waals surface area contributed by atoms with Gasteiger partial charge in [0.25, 0.3) is 0 Å². The Bertz CT molecular complexity index is 853. The summed E-state index contributed by atoms with van der Waals surface area (Å²) in [4.78, 5) is 16.2. The molecule has 5 nitrogen and oxygen atoms in total. The average molecular weight is 363 g/mol. The van der Waals surface area contributed by atoms with Crippen molar-refractivity contribution in [2.24, 2.45) is 0 Å². The van der Waals surface area contributed by atoms with Gasteiger partial charge in [-0.2, -0.15) is 0 Å². The molecule has 0 radical (unpaired) electrons. The lowest BCUT2D eigenvalue weighted by Gasteiger charge is -2.04. The van der Waals surface area contributed by atoms with Gasteiger partial charge in [-0.15, -0.1) is 5.10 Å². The van der Waals surface area contributed by atoms with Crippen molar-refractivity contribution in [2.45, 2.75) is 5.16 Å². The number of carbonyl (C=O) groups excluding carboxylic acids is 1. The van der Waals surface area contributed by atoms with Crippen LogP contribution in [-0.2, 0) is 4.79 Å². The van der Waals surface area contributed by atoms with Gasteiger partial charge in [-0.05, 0) is 36.4 Å². The van der Waals surface area contributed by atoms with Gasteiger partial charge in [-0.1, -0.05) is 35.5 Å². The third-order valence-electron chi connectivity index (χ3n) is 3.06. The molecule has 0 spiro atoms. The molecule has 0 atom stereocenters. The zero-order chi connectivity index (χ0) is 16.9. The van der Waals surface area contributed by atoms with E-state index in [-0.39, 0.29) is 17.3 Å². The summed E-state index contributed by atoms with van der Waals surface area (Å²) in [5.74, 6) is -0.142. The molecule has 0 aliphatic heterocycles. The minimum Gasteiger partial charge on any atom is -0.323 e. The maximum atomic E-state index is 13.5. The topological polar surface area (TPSA) is 70.7 Å². The second-order valence-electron chi connectivity index (χ2n) is 4.79. The molecule has 0 saturated carbocycles. The monoisotopic (exact) mass is 362 g/mol. The Morgan fingerprint density at radius 2 is 1.96 bits per heavy atom. The molecule has 24 heavy (non-hydrogen) atoms. The number of nitrogens with zero attached hydrogens (tertiary/aromatic N) is 2. The van der Waals surface area contributed by atoms with Crippen LogP contribution in [0, 0.1) is 5.82 Å². The normalized spacial score (nSPS) is 10.6. The standard InChI is InChI=1S/C16H12ClFN4OS/c17-11-7-5-10(6-8-11)15-20-16(22-21-15)24-9-14(23)19-13-4-2-1-3-12(13)18/h1-8H,9H2,(H,19,23)(H,20,21,22). The van der Waals surface area contributed by atoms with Crippen molar-refractivity contribution < 1.29 is 9.18 Å². The molecule has 0 aliphatic rings. The Kier molecular flexibility index (Phi) is 5.12. The number of nitrogens with one attached hydrogen (secondary N) is 2. The number of benzene rings is 2. The molecule has 0 aliphatic carbocycles. The number of thioether (sulfide) groups is 1. The molecule has 1 amide bonds. The first-order valence-electron chi connectivity index (χ1n) is 6.97. The van der Waals surface area contributed by atoms with Gasteiger partial charge < -0.3 is 5.32 Å². The summed E-state index contributed by atoms with van der Waals surface area (Å²) in [7, 11) is 0. The number of H-pyrrole nitrogens is 1. The molecule has 3 rings (SSSR count). The van der Waals surface area contributed by atoms with E-state index in [4.69, 9.17) is 11.6 Å². The zero-order valence-corrected chi connectivity index (χ0v) is 13.9. The summed E-state index contributed by atoms with van der Waals surface area (Å²) in [6.45, 7) is 0. The number of amides is 1. The summed E-state index contributed by atoms with van der Waals surface area (Å²) < 4.78 is 13.5. The van der Waals surface area contributed by atoms with E-state index in [1.807, 2.05) is 12.1 Å². The van der Waals surface area contributed by atoms with E-state index in [1.165, 1.54) is 12.1 Å². The number of aromatic amines is 1. The number of hydrogen-bond acceptors (Lipinski definition) is 4. The van der Waals surface area contributed by atoms with E-state index >= 15 is 0 Å². The maximum absolute atomic E-state index is 13.5. The number of hydrogen-bond donors (Lipinski definition) is 2. The third kappa shape index (κ3) is 4.12. The summed E-state index contributed by atoms with van der Waals surface area (Å²) in [5, 5.41) is 10.4. The Labute approximate surface area is 146 Å². The van der Waals surface area contributed by atoms with Crippen LogP contribution in [0.1, 0.15) is 0 Å². The summed E-state index contributed by atoms with van der Waals surface area (Å²) >= 11 is 7.00. The van der Waals surface area contributed by atoms with Crippen LogP contribution in [0.4, 0.5) is 10.1 Å². The molecule has 8 heteroatoms. The molecule has 3 aromatic rings. The van der Waals surface area contributed by atoms with E-state index in [0.29, 0.717) is 16.0 Å². The van der Waals surface area contributed by atoms with E-state index in [9.17, 15) is 9.18 Å². The molecule has 0 bridgehead atoms. The van der Waals surface area contributed by atoms with Crippen LogP contribution in [0.2, 0.25) is 5.02 Å². The van der Waals surface area contributed by atoms with Gasteiger partial charge in [-0.25, -0.2) is 9.37 Å². The summed E-state index contributed by atoms with van der Waals surface area (Å²) in [5.41, 5.74) is 0.995. The fourth-order valence-electron chi connectivity index (χ4n) is 1.93. The number of rotatable bonds is 5. The number of para-hydroxylation sites is 1. The largest absolute Gasteiger partial charge is 0.323 e. The molecule has 122 valence electrons. The fraction of sp³-hybridized carbons (Fsp3) is 0.0625. The van der Waals surface area contributed by atoms with Crippen molar-refractivity contribution in [2.75, 3.05) is 11.1 Å². The molecular weight excluding hydrogens is 351 g/mol. The first kappa shape index (κ1) is 16.5. The Balaban J connectivity index is 1.58. The van der Waals surface area contributed by atoms with Crippen molar-refractivity contribution in [3.8, 4) is 11.4 Å². The van der Waals surface area contributed by atoms with Crippen LogP contribution in [0.15, 0.2) is 53.7 Å². The Hall–Kier alpha value is -2.38. The van der Waals surface area contributed by atoms with Crippen molar-refractivity contribution in [3.05, 3.63) is 59.4 Å². The first-order valence-corrected chi connectivity index (χ1v) is 8.34. The van der Waals surface area contributed by atoms with Crippen LogP contribution in [0.25, 0.3) is 11.4 Å². The van der Waals surface area contributed by atoms with Crippen LogP contribution in [0.3, 0.4) is 0 Å². The van der Waals surface area contributed by atoms with Gasteiger partial charge in [0.15, 0.2) is 5.82 Å². The molecule has 1 aromatic heterocycles. The lowest BCUT2D eigenvalue weighted by Crippen LogP contribution is -2.15. The summed E-state index contributed by atoms with van der Waals surface area (Å²) in [6, 6.07) is 13.2. The predicted octanol–water partition coefficient (Wildman–Crippen LogP) is 4.00. The minimum absolute atomic E-state index is 0.0756. The van der Waals surface area contributed by atoms with E-state index in [2.05, 4.69) is 20.5 Å². The highest BCUT2D eigenvalue weighted by Gasteiger charge is 2.10. The van der Waals surface area contributed by atoms with Crippen molar-refractivity contribution in [3.63, 3.8) is 0 Å². The zero-order valence-electron chi connectivity index (χ0n) is 12.3. The van der Waals surface area contributed by atoms with E-state index in [0.717, 1.165) is 17.3 Å². The second kappa shape index (κ2) is 7.46. The molecular formula is C16H12ClFN4OS. The van der Waals surface area contributed by atoms with E-state index in [1.54, 1.807) is 24.3 Å². The highest BCUT2D eigenvalue weighted by atomic mass is 35.5. The van der Waals surface area contributed by atoms with Crippen molar-refractivity contribution in [1.29, 1.82) is 0 Å². The number of halogens is 2. The van der Waals surface area contributed by atoms with Gasteiger partial charge in [0.1, 0.15) is 5.82 Å². The third-order valence-corrected chi connectivity index (χ3v) is 4.16. The SMILES string of the molecule is O=C(CSc1n[nH]c(-c2ccc(Cl)cc2)n1)Nc1ccccc1F. The lowest BCUT2D eigenvalue weighted by molar-refractivity contribution is -0.113. The summed E-state index contributed by atoms with van der Waals surface area (Å²) in [6.07, 6.45) is 0. The fourth-order valence-corrected chi connectivity index (χ4v) is 2.65. The Morgan fingerprint density at radius 1 is 1.21 bits per heavy atom. The van der Waals surface area contributed by atoms with Crippen LogP contribution in [-0.4, -0.2) is 26.8 Å². The highest BCUT2D eigenvalue weighted by molar-refractivity contribution is 7.99. The molecule has 1 heterocycles. The van der Waals surface area contributed by atoms with Crippen LogP contribution < -0.4 is 5.32 Å². The number of carbonyl (C=O) groups is 1.